The minimum Gasteiger partial charge on any atom is -0.497 e. The largest absolute Gasteiger partial charge is 0.497 e. The van der Waals surface area contributed by atoms with E-state index in [1.54, 1.807) is 7.11 Å². The zero-order valence-corrected chi connectivity index (χ0v) is 15.4. The molecule has 2 N–H and O–H groups in total. The highest BCUT2D eigenvalue weighted by Crippen LogP contribution is 2.22. The van der Waals surface area contributed by atoms with E-state index < -0.39 is 0 Å². The molecule has 0 aliphatic rings. The fourth-order valence-electron chi connectivity index (χ4n) is 2.48. The summed E-state index contributed by atoms with van der Waals surface area (Å²) in [7, 11) is 5.69. The molecule has 6 nitrogen and oxygen atoms in total. The first kappa shape index (κ1) is 17.5. The zero-order chi connectivity index (χ0) is 18.5. The Balaban J connectivity index is 1.76. The average molecular weight is 349 g/mol. The van der Waals surface area contributed by atoms with Crippen LogP contribution < -0.4 is 20.3 Å². The van der Waals surface area contributed by atoms with E-state index in [1.807, 2.05) is 63.5 Å². The lowest BCUT2D eigenvalue weighted by atomic mass is 10.2. The van der Waals surface area contributed by atoms with Crippen molar-refractivity contribution < 1.29 is 4.74 Å². The Labute approximate surface area is 153 Å². The molecule has 0 atom stereocenters. The topological polar surface area (TPSA) is 62.3 Å². The van der Waals surface area contributed by atoms with Crippen molar-refractivity contribution in [2.24, 2.45) is 0 Å². The van der Waals surface area contributed by atoms with Gasteiger partial charge in [-0.2, -0.15) is 4.98 Å². The normalized spacial score (nSPS) is 10.3. The molecule has 1 aromatic heterocycles. The first-order chi connectivity index (χ1) is 12.5. The summed E-state index contributed by atoms with van der Waals surface area (Å²) in [6.07, 6.45) is 0. The van der Waals surface area contributed by atoms with Gasteiger partial charge in [-0.15, -0.1) is 0 Å². The van der Waals surface area contributed by atoms with Gasteiger partial charge in [0.05, 0.1) is 7.11 Å². The lowest BCUT2D eigenvalue weighted by Gasteiger charge is -2.14. The van der Waals surface area contributed by atoms with Crippen LogP contribution in [0.5, 0.6) is 5.75 Å². The summed E-state index contributed by atoms with van der Waals surface area (Å²) in [4.78, 5) is 11.1. The van der Waals surface area contributed by atoms with Crippen LogP contribution in [-0.4, -0.2) is 31.2 Å². The third kappa shape index (κ3) is 4.42. The molecule has 134 valence electrons. The minimum atomic E-state index is 0.544. The molecule has 0 fully saturated rings. The maximum Gasteiger partial charge on any atom is 0.229 e. The molecule has 6 heteroatoms. The molecule has 1 heterocycles. The number of rotatable bonds is 6. The lowest BCUT2D eigenvalue weighted by Crippen LogP contribution is -2.08. The Morgan fingerprint density at radius 3 is 2.08 bits per heavy atom. The van der Waals surface area contributed by atoms with Crippen LogP contribution in [0.25, 0.3) is 0 Å². The Morgan fingerprint density at radius 2 is 1.46 bits per heavy atom. The molecule has 0 saturated carbocycles. The summed E-state index contributed by atoms with van der Waals surface area (Å²) in [5.74, 6) is 2.10. The van der Waals surface area contributed by atoms with E-state index in [0.29, 0.717) is 5.95 Å². The minimum absolute atomic E-state index is 0.544. The van der Waals surface area contributed by atoms with Crippen molar-refractivity contribution in [1.82, 2.24) is 9.97 Å². The first-order valence-corrected chi connectivity index (χ1v) is 8.34. The number of nitrogens with one attached hydrogen (secondary N) is 2. The Morgan fingerprint density at radius 1 is 0.846 bits per heavy atom. The molecular weight excluding hydrogens is 326 g/mol. The highest BCUT2D eigenvalue weighted by molar-refractivity contribution is 5.62. The van der Waals surface area contributed by atoms with Crippen molar-refractivity contribution in [3.05, 3.63) is 60.3 Å². The Hall–Kier alpha value is -3.28. The molecule has 0 bridgehead atoms. The highest BCUT2D eigenvalue weighted by atomic mass is 16.5. The first-order valence-electron chi connectivity index (χ1n) is 8.34. The third-order valence-corrected chi connectivity index (χ3v) is 3.86. The van der Waals surface area contributed by atoms with Gasteiger partial charge in [0, 0.05) is 42.9 Å². The van der Waals surface area contributed by atoms with Crippen LogP contribution in [0.3, 0.4) is 0 Å². The molecule has 0 aliphatic heterocycles. The van der Waals surface area contributed by atoms with Crippen molar-refractivity contribution in [3.63, 3.8) is 0 Å². The van der Waals surface area contributed by atoms with Crippen molar-refractivity contribution in [2.45, 2.75) is 6.92 Å². The summed E-state index contributed by atoms with van der Waals surface area (Å²) in [6, 6.07) is 17.7. The number of methoxy groups -OCH3 is 1. The molecule has 0 radical (unpaired) electrons. The van der Waals surface area contributed by atoms with Gasteiger partial charge in [-0.3, -0.25) is 0 Å². The van der Waals surface area contributed by atoms with Crippen LogP contribution >= 0.6 is 0 Å². The van der Waals surface area contributed by atoms with Gasteiger partial charge >= 0.3 is 0 Å². The predicted molar refractivity (Wildman–Crippen MR) is 107 cm³/mol. The second kappa shape index (κ2) is 7.74. The fourth-order valence-corrected chi connectivity index (χ4v) is 2.48. The van der Waals surface area contributed by atoms with Crippen LogP contribution in [0.4, 0.5) is 28.8 Å². The molecule has 2 aromatic carbocycles. The van der Waals surface area contributed by atoms with Crippen molar-refractivity contribution in [2.75, 3.05) is 36.7 Å². The summed E-state index contributed by atoms with van der Waals surface area (Å²) in [6.45, 7) is 1.95. The number of hydrogen-bond donors (Lipinski definition) is 2. The Bertz CT molecular complexity index is 860. The van der Waals surface area contributed by atoms with E-state index in [0.717, 1.165) is 34.3 Å². The number of ether oxygens (including phenoxy) is 1. The molecule has 0 unspecified atom stereocenters. The molecule has 0 amide bonds. The number of hydrogen-bond acceptors (Lipinski definition) is 6. The van der Waals surface area contributed by atoms with Gasteiger partial charge in [0.2, 0.25) is 5.95 Å². The molecular formula is C20H23N5O. The smallest absolute Gasteiger partial charge is 0.229 e. The SMILES string of the molecule is COc1ccc(Nc2nc(C)cc(Nc3ccc(N(C)C)cc3)n2)cc1. The summed E-state index contributed by atoms with van der Waals surface area (Å²) in [5.41, 5.74) is 3.90. The van der Waals surface area contributed by atoms with Crippen LogP contribution in [0.15, 0.2) is 54.6 Å². The molecule has 3 aromatic rings. The molecule has 0 saturated heterocycles. The number of aromatic nitrogens is 2. The van der Waals surface area contributed by atoms with Gasteiger partial charge < -0.3 is 20.3 Å². The summed E-state index contributed by atoms with van der Waals surface area (Å²) in [5, 5.41) is 6.55. The fraction of sp³-hybridized carbons (Fsp3) is 0.200. The van der Waals surface area contributed by atoms with Crippen LogP contribution in [-0.2, 0) is 0 Å². The van der Waals surface area contributed by atoms with Gasteiger partial charge in [0.15, 0.2) is 0 Å². The molecule has 0 aliphatic carbocycles. The van der Waals surface area contributed by atoms with E-state index in [1.165, 1.54) is 0 Å². The molecule has 26 heavy (non-hydrogen) atoms. The van der Waals surface area contributed by atoms with Crippen LogP contribution in [0, 0.1) is 6.92 Å². The van der Waals surface area contributed by atoms with E-state index >= 15 is 0 Å². The van der Waals surface area contributed by atoms with Crippen LogP contribution in [0.2, 0.25) is 0 Å². The maximum atomic E-state index is 5.18. The Kier molecular flexibility index (Phi) is 5.22. The highest BCUT2D eigenvalue weighted by Gasteiger charge is 2.04. The van der Waals surface area contributed by atoms with Crippen molar-refractivity contribution in [1.29, 1.82) is 0 Å². The number of anilines is 5. The van der Waals surface area contributed by atoms with Crippen molar-refractivity contribution in [3.8, 4) is 5.75 Å². The van der Waals surface area contributed by atoms with Gasteiger partial charge in [-0.05, 0) is 55.5 Å². The van der Waals surface area contributed by atoms with Gasteiger partial charge in [-0.25, -0.2) is 4.98 Å². The van der Waals surface area contributed by atoms with E-state index in [2.05, 4.69) is 37.6 Å². The second-order valence-electron chi connectivity index (χ2n) is 6.14. The second-order valence-corrected chi connectivity index (χ2v) is 6.14. The number of nitrogens with zero attached hydrogens (tertiary/aromatic N) is 3. The standard InChI is InChI=1S/C20H23N5O/c1-14-13-19(22-15-5-9-17(10-6-15)25(2)3)24-20(21-14)23-16-7-11-18(26-4)12-8-16/h5-13H,1-4H3,(H2,21,22,23,24). The third-order valence-electron chi connectivity index (χ3n) is 3.86. The zero-order valence-electron chi connectivity index (χ0n) is 15.4. The summed E-state index contributed by atoms with van der Waals surface area (Å²) >= 11 is 0. The number of benzene rings is 2. The molecule has 0 spiro atoms. The molecule has 3 rings (SSSR count). The van der Waals surface area contributed by atoms with Gasteiger partial charge in [0.25, 0.3) is 0 Å². The lowest BCUT2D eigenvalue weighted by molar-refractivity contribution is 0.415. The average Bonchev–Trinajstić information content (AvgIpc) is 2.62. The monoisotopic (exact) mass is 349 g/mol. The van der Waals surface area contributed by atoms with E-state index in [4.69, 9.17) is 4.74 Å². The number of aryl methyl sites for hydroxylation is 1. The van der Waals surface area contributed by atoms with E-state index in [-0.39, 0.29) is 0 Å². The van der Waals surface area contributed by atoms with E-state index in [9.17, 15) is 0 Å². The van der Waals surface area contributed by atoms with Gasteiger partial charge in [-0.1, -0.05) is 0 Å². The quantitative estimate of drug-likeness (QED) is 0.690. The predicted octanol–water partition coefficient (Wildman–Crippen LogP) is 4.35. The van der Waals surface area contributed by atoms with Gasteiger partial charge in [0.1, 0.15) is 11.6 Å². The van der Waals surface area contributed by atoms with Crippen LogP contribution in [0.1, 0.15) is 5.69 Å². The summed E-state index contributed by atoms with van der Waals surface area (Å²) < 4.78 is 5.18. The van der Waals surface area contributed by atoms with Crippen molar-refractivity contribution >= 4 is 28.8 Å². The maximum absolute atomic E-state index is 5.18.